The van der Waals surface area contributed by atoms with Crippen molar-refractivity contribution in [3.05, 3.63) is 41.5 Å². The third kappa shape index (κ3) is 3.19. The summed E-state index contributed by atoms with van der Waals surface area (Å²) >= 11 is 0. The summed E-state index contributed by atoms with van der Waals surface area (Å²) in [6.45, 7) is 4.20. The van der Waals surface area contributed by atoms with E-state index in [4.69, 9.17) is 10.8 Å². The van der Waals surface area contributed by atoms with Crippen molar-refractivity contribution >= 4 is 5.57 Å². The summed E-state index contributed by atoms with van der Waals surface area (Å²) in [6, 6.07) is 8.20. The molecule has 0 saturated heterocycles. The van der Waals surface area contributed by atoms with Crippen molar-refractivity contribution in [2.45, 2.75) is 32.7 Å². The van der Waals surface area contributed by atoms with Crippen LogP contribution in [0, 0.1) is 0 Å². The van der Waals surface area contributed by atoms with Crippen LogP contribution in [0.4, 0.5) is 0 Å². The normalized spacial score (nSPS) is 13.9. The van der Waals surface area contributed by atoms with Gasteiger partial charge in [-0.1, -0.05) is 37.3 Å². The highest BCUT2D eigenvalue weighted by molar-refractivity contribution is 5.68. The second-order valence-electron chi connectivity index (χ2n) is 3.97. The standard InChI is InChI=1S/C14H21NO/c1-3-11-7-5-6-8-14(11)12(4-2)9-13(15)10-16/h4-8,13,16H,3,9-10,15H2,1-2H3/b12-4-. The minimum atomic E-state index is -0.170. The van der Waals surface area contributed by atoms with Crippen molar-refractivity contribution < 1.29 is 5.11 Å². The molecule has 2 nitrogen and oxygen atoms in total. The Hall–Kier alpha value is -1.12. The van der Waals surface area contributed by atoms with Crippen molar-refractivity contribution in [3.8, 4) is 0 Å². The van der Waals surface area contributed by atoms with Gasteiger partial charge in [0.25, 0.3) is 0 Å². The number of aliphatic hydroxyl groups excluding tert-OH is 1. The molecule has 0 heterocycles. The first-order chi connectivity index (χ1) is 7.72. The second-order valence-corrected chi connectivity index (χ2v) is 3.97. The molecule has 88 valence electrons. The average Bonchev–Trinajstić information content (AvgIpc) is 2.35. The fraction of sp³-hybridized carbons (Fsp3) is 0.429. The van der Waals surface area contributed by atoms with Gasteiger partial charge in [0.05, 0.1) is 6.61 Å². The molecule has 1 unspecified atom stereocenters. The molecule has 0 fully saturated rings. The van der Waals surface area contributed by atoms with Crippen molar-refractivity contribution in [3.63, 3.8) is 0 Å². The van der Waals surface area contributed by atoms with Crippen molar-refractivity contribution in [2.24, 2.45) is 5.73 Å². The lowest BCUT2D eigenvalue weighted by atomic mass is 9.93. The fourth-order valence-corrected chi connectivity index (χ4v) is 1.87. The molecular formula is C14H21NO. The first kappa shape index (κ1) is 12.9. The summed E-state index contributed by atoms with van der Waals surface area (Å²) in [5, 5.41) is 9.00. The summed E-state index contributed by atoms with van der Waals surface area (Å²) in [5.41, 5.74) is 9.60. The Morgan fingerprint density at radius 3 is 2.69 bits per heavy atom. The first-order valence-corrected chi connectivity index (χ1v) is 5.82. The predicted octanol–water partition coefficient (Wildman–Crippen LogP) is 2.36. The molecule has 0 aromatic heterocycles. The lowest BCUT2D eigenvalue weighted by Crippen LogP contribution is -2.24. The summed E-state index contributed by atoms with van der Waals surface area (Å²) in [4.78, 5) is 0. The van der Waals surface area contributed by atoms with Gasteiger partial charge in [-0.25, -0.2) is 0 Å². The van der Waals surface area contributed by atoms with E-state index in [1.54, 1.807) is 0 Å². The van der Waals surface area contributed by atoms with Crippen LogP contribution in [0.2, 0.25) is 0 Å². The van der Waals surface area contributed by atoms with Gasteiger partial charge in [0.2, 0.25) is 0 Å². The molecule has 3 N–H and O–H groups in total. The molecule has 0 radical (unpaired) electrons. The number of benzene rings is 1. The Morgan fingerprint density at radius 1 is 1.44 bits per heavy atom. The number of allylic oxidation sites excluding steroid dienone is 1. The van der Waals surface area contributed by atoms with Crippen LogP contribution < -0.4 is 5.73 Å². The van der Waals surface area contributed by atoms with Gasteiger partial charge in [-0.2, -0.15) is 0 Å². The molecule has 16 heavy (non-hydrogen) atoms. The Labute approximate surface area is 97.8 Å². The van der Waals surface area contributed by atoms with E-state index < -0.39 is 0 Å². The second kappa shape index (κ2) is 6.46. The van der Waals surface area contributed by atoms with Gasteiger partial charge < -0.3 is 10.8 Å². The van der Waals surface area contributed by atoms with Crippen LogP contribution >= 0.6 is 0 Å². The molecule has 1 aromatic carbocycles. The molecule has 0 aliphatic carbocycles. The monoisotopic (exact) mass is 219 g/mol. The van der Waals surface area contributed by atoms with Crippen LogP contribution in [0.15, 0.2) is 30.3 Å². The molecule has 1 aromatic rings. The van der Waals surface area contributed by atoms with E-state index in [9.17, 15) is 0 Å². The SMILES string of the molecule is C/C=C(/CC(N)CO)c1ccccc1CC. The molecule has 0 aliphatic heterocycles. The van der Waals surface area contributed by atoms with Crippen LogP contribution in [0.3, 0.4) is 0 Å². The highest BCUT2D eigenvalue weighted by Gasteiger charge is 2.09. The number of aryl methyl sites for hydroxylation is 1. The number of rotatable bonds is 5. The average molecular weight is 219 g/mol. The van der Waals surface area contributed by atoms with Crippen LogP contribution in [0.1, 0.15) is 31.4 Å². The maximum Gasteiger partial charge on any atom is 0.0585 e. The van der Waals surface area contributed by atoms with Gasteiger partial charge in [-0.3, -0.25) is 0 Å². The molecule has 0 aliphatic rings. The molecular weight excluding hydrogens is 198 g/mol. The smallest absolute Gasteiger partial charge is 0.0585 e. The van der Waals surface area contributed by atoms with E-state index in [1.807, 2.05) is 13.0 Å². The number of nitrogens with two attached hydrogens (primary N) is 1. The number of aliphatic hydroxyl groups is 1. The minimum Gasteiger partial charge on any atom is -0.395 e. The Kier molecular flexibility index (Phi) is 5.23. The van der Waals surface area contributed by atoms with Crippen LogP contribution in [0.5, 0.6) is 0 Å². The first-order valence-electron chi connectivity index (χ1n) is 5.82. The quantitative estimate of drug-likeness (QED) is 0.798. The van der Waals surface area contributed by atoms with Gasteiger partial charge in [0.1, 0.15) is 0 Å². The third-order valence-corrected chi connectivity index (χ3v) is 2.81. The van der Waals surface area contributed by atoms with Gasteiger partial charge in [0, 0.05) is 6.04 Å². The molecule has 1 atom stereocenters. The zero-order valence-corrected chi connectivity index (χ0v) is 10.1. The number of hydrogen-bond donors (Lipinski definition) is 2. The van der Waals surface area contributed by atoms with E-state index in [0.717, 1.165) is 12.8 Å². The summed E-state index contributed by atoms with van der Waals surface area (Å²) in [6.07, 6.45) is 3.83. The van der Waals surface area contributed by atoms with Crippen molar-refractivity contribution in [1.29, 1.82) is 0 Å². The van der Waals surface area contributed by atoms with E-state index in [-0.39, 0.29) is 12.6 Å². The van der Waals surface area contributed by atoms with Crippen LogP contribution in [-0.2, 0) is 6.42 Å². The summed E-state index contributed by atoms with van der Waals surface area (Å²) in [7, 11) is 0. The van der Waals surface area contributed by atoms with E-state index in [0.29, 0.717) is 0 Å². The highest BCUT2D eigenvalue weighted by Crippen LogP contribution is 2.23. The number of hydrogen-bond acceptors (Lipinski definition) is 2. The fourth-order valence-electron chi connectivity index (χ4n) is 1.87. The minimum absolute atomic E-state index is 0.0334. The Morgan fingerprint density at radius 2 is 2.12 bits per heavy atom. The van der Waals surface area contributed by atoms with E-state index in [2.05, 4.69) is 31.2 Å². The predicted molar refractivity (Wildman–Crippen MR) is 69.1 cm³/mol. The Bertz CT molecular complexity index is 358. The molecule has 0 saturated carbocycles. The van der Waals surface area contributed by atoms with Crippen LogP contribution in [-0.4, -0.2) is 17.8 Å². The van der Waals surface area contributed by atoms with Gasteiger partial charge in [-0.05, 0) is 36.5 Å². The largest absolute Gasteiger partial charge is 0.395 e. The topological polar surface area (TPSA) is 46.2 Å². The van der Waals surface area contributed by atoms with Crippen molar-refractivity contribution in [1.82, 2.24) is 0 Å². The van der Waals surface area contributed by atoms with Crippen molar-refractivity contribution in [2.75, 3.05) is 6.61 Å². The molecule has 2 heteroatoms. The maximum absolute atomic E-state index is 9.00. The molecule has 0 amide bonds. The maximum atomic E-state index is 9.00. The van der Waals surface area contributed by atoms with E-state index >= 15 is 0 Å². The highest BCUT2D eigenvalue weighted by atomic mass is 16.3. The van der Waals surface area contributed by atoms with E-state index in [1.165, 1.54) is 16.7 Å². The zero-order valence-electron chi connectivity index (χ0n) is 10.1. The third-order valence-electron chi connectivity index (χ3n) is 2.81. The summed E-state index contributed by atoms with van der Waals surface area (Å²) in [5.74, 6) is 0. The molecule has 0 bridgehead atoms. The molecule has 0 spiro atoms. The van der Waals surface area contributed by atoms with Gasteiger partial charge in [0.15, 0.2) is 0 Å². The summed E-state index contributed by atoms with van der Waals surface area (Å²) < 4.78 is 0. The van der Waals surface area contributed by atoms with Gasteiger partial charge in [-0.15, -0.1) is 0 Å². The van der Waals surface area contributed by atoms with Gasteiger partial charge >= 0.3 is 0 Å². The molecule has 1 rings (SSSR count). The Balaban J connectivity index is 2.95. The van der Waals surface area contributed by atoms with Crippen LogP contribution in [0.25, 0.3) is 5.57 Å². The zero-order chi connectivity index (χ0) is 12.0. The lowest BCUT2D eigenvalue weighted by molar-refractivity contribution is 0.267. The lowest BCUT2D eigenvalue weighted by Gasteiger charge is -2.15.